The Labute approximate surface area is 89.5 Å². The molecule has 6 heteroatoms. The molecule has 0 aromatic heterocycles. The molecule has 15 heavy (non-hydrogen) atoms. The molecule has 0 fully saturated rings. The van der Waals surface area contributed by atoms with Gasteiger partial charge in [0.15, 0.2) is 0 Å². The first kappa shape index (κ1) is 11.6. The van der Waals surface area contributed by atoms with E-state index in [-0.39, 0.29) is 0 Å². The average molecular weight is 230 g/mol. The fraction of sp³-hybridized carbons (Fsp3) is 0.333. The standard InChI is InChI=1S/C9H14N2O3S/c1-11(15(3,12)13)9-7(10)5-4-6-8(9)14-2/h4-6H,10H2,1-3H3. The van der Waals surface area contributed by atoms with Gasteiger partial charge in [-0.3, -0.25) is 4.31 Å². The molecule has 0 spiro atoms. The van der Waals surface area contributed by atoms with E-state index in [1.807, 2.05) is 0 Å². The summed E-state index contributed by atoms with van der Waals surface area (Å²) in [5.41, 5.74) is 6.44. The first-order valence-electron chi connectivity index (χ1n) is 4.24. The number of nitrogen functional groups attached to an aromatic ring is 1. The van der Waals surface area contributed by atoms with Crippen LogP contribution in [0.15, 0.2) is 18.2 Å². The zero-order valence-corrected chi connectivity index (χ0v) is 9.71. The van der Waals surface area contributed by atoms with Crippen molar-refractivity contribution in [3.05, 3.63) is 18.2 Å². The van der Waals surface area contributed by atoms with Gasteiger partial charge >= 0.3 is 0 Å². The molecular formula is C9H14N2O3S. The van der Waals surface area contributed by atoms with Crippen LogP contribution in [0.1, 0.15) is 0 Å². The van der Waals surface area contributed by atoms with Gasteiger partial charge < -0.3 is 10.5 Å². The third-order valence-corrected chi connectivity index (χ3v) is 3.24. The van der Waals surface area contributed by atoms with Crippen molar-refractivity contribution in [2.24, 2.45) is 0 Å². The molecule has 2 N–H and O–H groups in total. The molecule has 0 radical (unpaired) electrons. The molecular weight excluding hydrogens is 216 g/mol. The topological polar surface area (TPSA) is 72.6 Å². The van der Waals surface area contributed by atoms with Gasteiger partial charge in [-0.1, -0.05) is 6.07 Å². The number of nitrogens with zero attached hydrogens (tertiary/aromatic N) is 1. The molecule has 1 aromatic rings. The van der Waals surface area contributed by atoms with Crippen LogP contribution in [0.25, 0.3) is 0 Å². The number of para-hydroxylation sites is 1. The van der Waals surface area contributed by atoms with E-state index in [0.29, 0.717) is 17.1 Å². The summed E-state index contributed by atoms with van der Waals surface area (Å²) in [7, 11) is -0.437. The Morgan fingerprint density at radius 2 is 2.00 bits per heavy atom. The van der Waals surface area contributed by atoms with Gasteiger partial charge in [-0.15, -0.1) is 0 Å². The van der Waals surface area contributed by atoms with Gasteiger partial charge in [-0.05, 0) is 12.1 Å². The van der Waals surface area contributed by atoms with Crippen LogP contribution >= 0.6 is 0 Å². The SMILES string of the molecule is COc1cccc(N)c1N(C)S(C)(=O)=O. The molecule has 0 saturated heterocycles. The Bertz CT molecular complexity index is 456. The molecule has 0 atom stereocenters. The maximum absolute atomic E-state index is 11.4. The van der Waals surface area contributed by atoms with Crippen LogP contribution < -0.4 is 14.8 Å². The highest BCUT2D eigenvalue weighted by molar-refractivity contribution is 7.92. The number of rotatable bonds is 3. The summed E-state index contributed by atoms with van der Waals surface area (Å²) < 4.78 is 28.9. The highest BCUT2D eigenvalue weighted by atomic mass is 32.2. The quantitative estimate of drug-likeness (QED) is 0.775. The second kappa shape index (κ2) is 3.98. The lowest BCUT2D eigenvalue weighted by Gasteiger charge is -2.20. The second-order valence-electron chi connectivity index (χ2n) is 3.13. The average Bonchev–Trinajstić information content (AvgIpc) is 2.15. The molecule has 84 valence electrons. The van der Waals surface area contributed by atoms with E-state index in [2.05, 4.69) is 0 Å². The van der Waals surface area contributed by atoms with Crippen molar-refractivity contribution >= 4 is 21.4 Å². The Balaban J connectivity index is 3.36. The number of methoxy groups -OCH3 is 1. The summed E-state index contributed by atoms with van der Waals surface area (Å²) in [6.07, 6.45) is 1.11. The third-order valence-electron chi connectivity index (χ3n) is 2.06. The van der Waals surface area contributed by atoms with Crippen molar-refractivity contribution < 1.29 is 13.2 Å². The zero-order valence-electron chi connectivity index (χ0n) is 8.89. The molecule has 0 heterocycles. The number of sulfonamides is 1. The maximum atomic E-state index is 11.4. The summed E-state index contributed by atoms with van der Waals surface area (Å²) in [6.45, 7) is 0. The van der Waals surface area contributed by atoms with Crippen LogP contribution in [-0.4, -0.2) is 28.8 Å². The fourth-order valence-electron chi connectivity index (χ4n) is 1.21. The molecule has 0 aliphatic rings. The summed E-state index contributed by atoms with van der Waals surface area (Å²) in [5, 5.41) is 0. The summed E-state index contributed by atoms with van der Waals surface area (Å²) >= 11 is 0. The van der Waals surface area contributed by atoms with Gasteiger partial charge in [0.2, 0.25) is 10.0 Å². The Kier molecular flexibility index (Phi) is 3.09. The van der Waals surface area contributed by atoms with Crippen LogP contribution in [0.5, 0.6) is 5.75 Å². The van der Waals surface area contributed by atoms with Gasteiger partial charge in [-0.25, -0.2) is 8.42 Å². The number of ether oxygens (including phenoxy) is 1. The van der Waals surface area contributed by atoms with Gasteiger partial charge in [0.05, 0.1) is 19.1 Å². The van der Waals surface area contributed by atoms with E-state index >= 15 is 0 Å². The zero-order chi connectivity index (χ0) is 11.6. The molecule has 5 nitrogen and oxygen atoms in total. The lowest BCUT2D eigenvalue weighted by atomic mass is 10.2. The summed E-state index contributed by atoms with van der Waals surface area (Å²) in [6, 6.07) is 4.99. The van der Waals surface area contributed by atoms with E-state index in [0.717, 1.165) is 10.6 Å². The normalized spacial score (nSPS) is 11.1. The minimum atomic E-state index is -3.34. The Morgan fingerprint density at radius 1 is 1.40 bits per heavy atom. The highest BCUT2D eigenvalue weighted by Gasteiger charge is 2.18. The van der Waals surface area contributed by atoms with Crippen molar-refractivity contribution in [3.8, 4) is 5.75 Å². The van der Waals surface area contributed by atoms with Gasteiger partial charge in [-0.2, -0.15) is 0 Å². The number of hydrogen-bond donors (Lipinski definition) is 1. The van der Waals surface area contributed by atoms with Gasteiger partial charge in [0.1, 0.15) is 11.4 Å². The molecule has 0 bridgehead atoms. The minimum absolute atomic E-state index is 0.363. The van der Waals surface area contributed by atoms with Gasteiger partial charge in [0, 0.05) is 7.05 Å². The maximum Gasteiger partial charge on any atom is 0.232 e. The molecule has 0 aliphatic heterocycles. The van der Waals surface area contributed by atoms with E-state index < -0.39 is 10.0 Å². The minimum Gasteiger partial charge on any atom is -0.494 e. The van der Waals surface area contributed by atoms with Crippen molar-refractivity contribution in [2.45, 2.75) is 0 Å². The van der Waals surface area contributed by atoms with Crippen molar-refractivity contribution in [2.75, 3.05) is 30.5 Å². The number of hydrogen-bond acceptors (Lipinski definition) is 4. The van der Waals surface area contributed by atoms with Crippen molar-refractivity contribution in [1.82, 2.24) is 0 Å². The van der Waals surface area contributed by atoms with E-state index in [1.165, 1.54) is 14.2 Å². The molecule has 1 aromatic carbocycles. The van der Waals surface area contributed by atoms with Crippen LogP contribution in [0.3, 0.4) is 0 Å². The van der Waals surface area contributed by atoms with E-state index in [1.54, 1.807) is 18.2 Å². The predicted molar refractivity (Wildman–Crippen MR) is 60.7 cm³/mol. The van der Waals surface area contributed by atoms with E-state index in [9.17, 15) is 8.42 Å². The number of benzene rings is 1. The predicted octanol–water partition coefficient (Wildman–Crippen LogP) is 0.673. The lowest BCUT2D eigenvalue weighted by Crippen LogP contribution is -2.26. The third kappa shape index (κ3) is 2.33. The van der Waals surface area contributed by atoms with Crippen LogP contribution in [0.4, 0.5) is 11.4 Å². The monoisotopic (exact) mass is 230 g/mol. The summed E-state index contributed by atoms with van der Waals surface area (Å²) in [4.78, 5) is 0. The Hall–Kier alpha value is -1.43. The molecule has 1 rings (SSSR count). The second-order valence-corrected chi connectivity index (χ2v) is 5.14. The molecule has 0 aliphatic carbocycles. The molecule has 0 saturated carbocycles. The van der Waals surface area contributed by atoms with E-state index in [4.69, 9.17) is 10.5 Å². The number of anilines is 2. The lowest BCUT2D eigenvalue weighted by molar-refractivity contribution is 0.416. The largest absolute Gasteiger partial charge is 0.494 e. The van der Waals surface area contributed by atoms with Crippen LogP contribution in [0, 0.1) is 0 Å². The van der Waals surface area contributed by atoms with Crippen molar-refractivity contribution in [3.63, 3.8) is 0 Å². The first-order valence-corrected chi connectivity index (χ1v) is 6.09. The van der Waals surface area contributed by atoms with Crippen molar-refractivity contribution in [1.29, 1.82) is 0 Å². The highest BCUT2D eigenvalue weighted by Crippen LogP contribution is 2.34. The Morgan fingerprint density at radius 3 is 2.47 bits per heavy atom. The first-order chi connectivity index (χ1) is 6.88. The molecule has 0 amide bonds. The molecule has 0 unspecified atom stereocenters. The fourth-order valence-corrected chi connectivity index (χ4v) is 1.73. The smallest absolute Gasteiger partial charge is 0.232 e. The number of nitrogens with two attached hydrogens (primary N) is 1. The van der Waals surface area contributed by atoms with Crippen LogP contribution in [0.2, 0.25) is 0 Å². The van der Waals surface area contributed by atoms with Gasteiger partial charge in [0.25, 0.3) is 0 Å². The summed E-state index contributed by atoms with van der Waals surface area (Å²) in [5.74, 6) is 0.433. The van der Waals surface area contributed by atoms with Crippen LogP contribution in [-0.2, 0) is 10.0 Å².